The van der Waals surface area contributed by atoms with Gasteiger partial charge in [-0.1, -0.05) is 60.2 Å². The zero-order valence-electron chi connectivity index (χ0n) is 21.3. The Morgan fingerprint density at radius 3 is 2.47 bits per heavy atom. The van der Waals surface area contributed by atoms with E-state index >= 15 is 0 Å². The average Bonchev–Trinajstić information content (AvgIpc) is 3.34. The molecule has 0 atom stereocenters. The molecule has 38 heavy (non-hydrogen) atoms. The van der Waals surface area contributed by atoms with E-state index in [1.165, 1.54) is 28.6 Å². The zero-order chi connectivity index (χ0) is 26.7. The number of aryl methyl sites for hydroxylation is 3. The first-order chi connectivity index (χ1) is 18.4. The van der Waals surface area contributed by atoms with E-state index < -0.39 is 22.5 Å². The Morgan fingerprint density at radius 2 is 1.71 bits per heavy atom. The van der Waals surface area contributed by atoms with Gasteiger partial charge < -0.3 is 4.74 Å². The Morgan fingerprint density at radius 1 is 0.974 bits per heavy atom. The highest BCUT2D eigenvalue weighted by molar-refractivity contribution is 7.92. The standard InChI is InChI=1S/C30H29N3O4S/c1-3-37-28-10-5-4-9-27(28)33(38(35,36)25-17-11-21(2)12-18-25)20-29(34)32-31-19-24-16-15-23-14-13-22-7-6-8-26(24)30(22)23/h4-12,15-19H,3,13-14,20H2,1-2H3,(H,32,34)/b31-19-. The van der Waals surface area contributed by atoms with Gasteiger partial charge in [-0.3, -0.25) is 9.10 Å². The topological polar surface area (TPSA) is 88.1 Å². The fourth-order valence-corrected chi connectivity index (χ4v) is 6.23. The molecular weight excluding hydrogens is 498 g/mol. The molecule has 194 valence electrons. The Bertz CT molecular complexity index is 1620. The molecule has 0 heterocycles. The second-order valence-corrected chi connectivity index (χ2v) is 11.0. The lowest BCUT2D eigenvalue weighted by Crippen LogP contribution is -2.39. The van der Waals surface area contributed by atoms with Gasteiger partial charge in [0.05, 0.1) is 23.4 Å². The highest BCUT2D eigenvalue weighted by Gasteiger charge is 2.29. The second kappa shape index (κ2) is 10.7. The van der Waals surface area contributed by atoms with E-state index in [2.05, 4.69) is 28.7 Å². The lowest BCUT2D eigenvalue weighted by molar-refractivity contribution is -0.119. The molecule has 0 unspecified atom stereocenters. The molecule has 0 bridgehead atoms. The van der Waals surface area contributed by atoms with Crippen LogP contribution in [-0.4, -0.2) is 33.7 Å². The number of carbonyl (C=O) groups is 1. The first kappa shape index (κ1) is 25.5. The number of ether oxygens (including phenoxy) is 1. The Hall–Kier alpha value is -4.17. The van der Waals surface area contributed by atoms with Gasteiger partial charge in [-0.2, -0.15) is 5.10 Å². The minimum Gasteiger partial charge on any atom is -0.492 e. The molecule has 0 spiro atoms. The predicted octanol–water partition coefficient (Wildman–Crippen LogP) is 4.99. The number of para-hydroxylation sites is 2. The Kier molecular flexibility index (Phi) is 7.15. The third-order valence-electron chi connectivity index (χ3n) is 6.63. The number of hydrogen-bond donors (Lipinski definition) is 1. The summed E-state index contributed by atoms with van der Waals surface area (Å²) >= 11 is 0. The number of carbonyl (C=O) groups excluding carboxylic acids is 1. The van der Waals surface area contributed by atoms with Crippen molar-refractivity contribution < 1.29 is 17.9 Å². The summed E-state index contributed by atoms with van der Waals surface area (Å²) in [5.74, 6) is -0.205. The van der Waals surface area contributed by atoms with Crippen LogP contribution in [0.3, 0.4) is 0 Å². The monoisotopic (exact) mass is 527 g/mol. The summed E-state index contributed by atoms with van der Waals surface area (Å²) in [5, 5.41) is 6.51. The van der Waals surface area contributed by atoms with E-state index in [1.54, 1.807) is 42.6 Å². The molecule has 4 aromatic rings. The van der Waals surface area contributed by atoms with E-state index in [1.807, 2.05) is 26.0 Å². The van der Waals surface area contributed by atoms with Crippen molar-refractivity contribution in [3.8, 4) is 5.75 Å². The molecule has 1 N–H and O–H groups in total. The van der Waals surface area contributed by atoms with Gasteiger partial charge in [0.1, 0.15) is 12.3 Å². The predicted molar refractivity (Wildman–Crippen MR) is 150 cm³/mol. The summed E-state index contributed by atoms with van der Waals surface area (Å²) in [6, 6.07) is 23.6. The van der Waals surface area contributed by atoms with E-state index in [9.17, 15) is 13.2 Å². The van der Waals surface area contributed by atoms with Crippen molar-refractivity contribution >= 4 is 38.6 Å². The molecule has 0 saturated heterocycles. The van der Waals surface area contributed by atoms with Crippen LogP contribution >= 0.6 is 0 Å². The number of nitrogens with one attached hydrogen (secondary N) is 1. The van der Waals surface area contributed by atoms with Crippen LogP contribution in [0.2, 0.25) is 0 Å². The van der Waals surface area contributed by atoms with Crippen molar-refractivity contribution in [3.63, 3.8) is 0 Å². The summed E-state index contributed by atoms with van der Waals surface area (Å²) in [6.45, 7) is 3.57. The molecule has 0 radical (unpaired) electrons. The van der Waals surface area contributed by atoms with Crippen molar-refractivity contribution in [1.29, 1.82) is 0 Å². The van der Waals surface area contributed by atoms with Gasteiger partial charge in [-0.25, -0.2) is 13.8 Å². The van der Waals surface area contributed by atoms with E-state index in [-0.39, 0.29) is 10.6 Å². The molecule has 1 aliphatic rings. The van der Waals surface area contributed by atoms with Crippen molar-refractivity contribution in [2.24, 2.45) is 5.10 Å². The maximum atomic E-state index is 13.7. The van der Waals surface area contributed by atoms with Crippen LogP contribution in [0, 0.1) is 6.92 Å². The lowest BCUT2D eigenvalue weighted by Gasteiger charge is -2.25. The van der Waals surface area contributed by atoms with Crippen LogP contribution in [0.1, 0.15) is 29.2 Å². The molecule has 0 saturated carbocycles. The largest absolute Gasteiger partial charge is 0.492 e. The molecule has 1 aliphatic carbocycles. The van der Waals surface area contributed by atoms with Crippen LogP contribution in [0.5, 0.6) is 5.75 Å². The highest BCUT2D eigenvalue weighted by atomic mass is 32.2. The number of amides is 1. The van der Waals surface area contributed by atoms with Crippen LogP contribution in [0.25, 0.3) is 10.8 Å². The van der Waals surface area contributed by atoms with E-state index in [0.29, 0.717) is 12.4 Å². The number of hydrazone groups is 1. The van der Waals surface area contributed by atoms with E-state index in [0.717, 1.165) is 33.7 Å². The lowest BCUT2D eigenvalue weighted by atomic mass is 10.0. The molecular formula is C30H29N3O4S. The number of nitrogens with zero attached hydrogens (tertiary/aromatic N) is 2. The van der Waals surface area contributed by atoms with Crippen molar-refractivity contribution in [3.05, 3.63) is 101 Å². The van der Waals surface area contributed by atoms with Gasteiger partial charge in [0, 0.05) is 5.56 Å². The van der Waals surface area contributed by atoms with Crippen LogP contribution in [-0.2, 0) is 27.7 Å². The van der Waals surface area contributed by atoms with Gasteiger partial charge in [0.25, 0.3) is 15.9 Å². The SMILES string of the molecule is CCOc1ccccc1N(CC(=O)N/N=C\c1ccc2c3c(cccc13)CC2)S(=O)(=O)c1ccc(C)cc1. The van der Waals surface area contributed by atoms with Gasteiger partial charge in [0.2, 0.25) is 0 Å². The van der Waals surface area contributed by atoms with Crippen molar-refractivity contribution in [2.45, 2.75) is 31.6 Å². The first-order valence-electron chi connectivity index (χ1n) is 12.5. The molecule has 5 rings (SSSR count). The van der Waals surface area contributed by atoms with Crippen molar-refractivity contribution in [1.82, 2.24) is 5.43 Å². The third-order valence-corrected chi connectivity index (χ3v) is 8.41. The minimum atomic E-state index is -4.07. The molecule has 0 fully saturated rings. The quantitative estimate of drug-likeness (QED) is 0.245. The summed E-state index contributed by atoms with van der Waals surface area (Å²) in [4.78, 5) is 13.1. The smallest absolute Gasteiger partial charge is 0.264 e. The van der Waals surface area contributed by atoms with Gasteiger partial charge in [-0.05, 0) is 72.9 Å². The Labute approximate surface area is 222 Å². The maximum absolute atomic E-state index is 13.7. The summed E-state index contributed by atoms with van der Waals surface area (Å²) in [6.07, 6.45) is 3.66. The minimum absolute atomic E-state index is 0.0820. The molecule has 8 heteroatoms. The maximum Gasteiger partial charge on any atom is 0.264 e. The molecule has 0 aliphatic heterocycles. The number of sulfonamides is 1. The summed E-state index contributed by atoms with van der Waals surface area (Å²) in [7, 11) is -4.07. The second-order valence-electron chi connectivity index (χ2n) is 9.17. The third kappa shape index (κ3) is 4.99. The van der Waals surface area contributed by atoms with Crippen LogP contribution in [0.4, 0.5) is 5.69 Å². The van der Waals surface area contributed by atoms with Gasteiger partial charge >= 0.3 is 0 Å². The fourth-order valence-electron chi connectivity index (χ4n) is 4.80. The first-order valence-corrected chi connectivity index (χ1v) is 14.0. The summed E-state index contributed by atoms with van der Waals surface area (Å²) in [5.41, 5.74) is 7.25. The molecule has 1 amide bonds. The summed E-state index contributed by atoms with van der Waals surface area (Å²) < 4.78 is 34.1. The number of anilines is 1. The average molecular weight is 528 g/mol. The molecule has 4 aromatic carbocycles. The van der Waals surface area contributed by atoms with Gasteiger partial charge in [0.15, 0.2) is 0 Å². The highest BCUT2D eigenvalue weighted by Crippen LogP contribution is 2.33. The normalized spacial score (nSPS) is 12.7. The van der Waals surface area contributed by atoms with E-state index in [4.69, 9.17) is 4.74 Å². The molecule has 7 nitrogen and oxygen atoms in total. The zero-order valence-corrected chi connectivity index (χ0v) is 22.2. The number of benzene rings is 4. The Balaban J connectivity index is 1.42. The number of hydrogen-bond acceptors (Lipinski definition) is 5. The van der Waals surface area contributed by atoms with Crippen LogP contribution in [0.15, 0.2) is 88.9 Å². The number of rotatable bonds is 9. The van der Waals surface area contributed by atoms with Crippen LogP contribution < -0.4 is 14.5 Å². The van der Waals surface area contributed by atoms with Crippen molar-refractivity contribution in [2.75, 3.05) is 17.5 Å². The molecule has 0 aromatic heterocycles. The fraction of sp³-hybridized carbons (Fsp3) is 0.200. The van der Waals surface area contributed by atoms with Gasteiger partial charge in [-0.15, -0.1) is 0 Å².